The van der Waals surface area contributed by atoms with E-state index in [9.17, 15) is 0 Å². The van der Waals surface area contributed by atoms with Crippen molar-refractivity contribution in [1.82, 2.24) is 15.1 Å². The molecule has 2 aromatic rings. The van der Waals surface area contributed by atoms with Gasteiger partial charge in [-0.15, -0.1) is 0 Å². The van der Waals surface area contributed by atoms with Crippen LogP contribution in [0.1, 0.15) is 24.6 Å². The van der Waals surface area contributed by atoms with Gasteiger partial charge in [0.05, 0.1) is 11.3 Å². The summed E-state index contributed by atoms with van der Waals surface area (Å²) in [4.78, 5) is 0. The largest absolute Gasteiger partial charge is 0.439 e. The van der Waals surface area contributed by atoms with Crippen molar-refractivity contribution >= 4 is 22.6 Å². The second kappa shape index (κ2) is 7.08. The molecular formula is C15H20IN3O. The van der Waals surface area contributed by atoms with Crippen LogP contribution in [0.3, 0.4) is 0 Å². The summed E-state index contributed by atoms with van der Waals surface area (Å²) in [6, 6.07) is 8.03. The maximum Gasteiger partial charge on any atom is 0.222 e. The fourth-order valence-corrected chi connectivity index (χ4v) is 2.38. The fourth-order valence-electron chi connectivity index (χ4n) is 2.02. The van der Waals surface area contributed by atoms with Gasteiger partial charge in [-0.05, 0) is 66.7 Å². The smallest absolute Gasteiger partial charge is 0.222 e. The van der Waals surface area contributed by atoms with Gasteiger partial charge < -0.3 is 10.1 Å². The molecule has 0 saturated heterocycles. The lowest BCUT2D eigenvalue weighted by molar-refractivity contribution is 0.424. The molecule has 0 radical (unpaired) electrons. The molecule has 0 atom stereocenters. The third kappa shape index (κ3) is 3.73. The number of hydrogen-bond acceptors (Lipinski definition) is 3. The molecule has 2 rings (SSSR count). The van der Waals surface area contributed by atoms with Crippen molar-refractivity contribution in [2.45, 2.75) is 26.8 Å². The van der Waals surface area contributed by atoms with E-state index in [1.54, 1.807) is 4.68 Å². The fraction of sp³-hybridized carbons (Fsp3) is 0.400. The molecule has 1 heterocycles. The molecule has 1 aromatic heterocycles. The maximum atomic E-state index is 6.00. The lowest BCUT2D eigenvalue weighted by Crippen LogP contribution is -2.14. The third-order valence-electron chi connectivity index (χ3n) is 3.05. The Morgan fingerprint density at radius 3 is 2.65 bits per heavy atom. The lowest BCUT2D eigenvalue weighted by Gasteiger charge is -2.09. The number of halogens is 1. The topological polar surface area (TPSA) is 39.1 Å². The van der Waals surface area contributed by atoms with Crippen LogP contribution in [0.15, 0.2) is 24.3 Å². The summed E-state index contributed by atoms with van der Waals surface area (Å²) < 4.78 is 9.00. The Kier molecular flexibility index (Phi) is 5.42. The molecule has 1 aromatic carbocycles. The van der Waals surface area contributed by atoms with Gasteiger partial charge in [-0.1, -0.05) is 6.92 Å². The summed E-state index contributed by atoms with van der Waals surface area (Å²) in [7, 11) is 1.92. The van der Waals surface area contributed by atoms with E-state index in [-0.39, 0.29) is 0 Å². The number of nitrogens with zero attached hydrogens (tertiary/aromatic N) is 2. The molecule has 0 aliphatic rings. The predicted octanol–water partition coefficient (Wildman–Crippen LogP) is 3.63. The molecule has 0 saturated carbocycles. The molecule has 0 aliphatic heterocycles. The van der Waals surface area contributed by atoms with Crippen LogP contribution in [-0.2, 0) is 13.6 Å². The first-order valence-corrected chi connectivity index (χ1v) is 7.86. The maximum absolute atomic E-state index is 6.00. The van der Waals surface area contributed by atoms with Gasteiger partial charge in [0, 0.05) is 17.2 Å². The van der Waals surface area contributed by atoms with E-state index in [0.717, 1.165) is 42.4 Å². The second-order valence-corrected chi connectivity index (χ2v) is 5.97. The molecule has 20 heavy (non-hydrogen) atoms. The lowest BCUT2D eigenvalue weighted by atomic mass is 10.2. The number of nitrogens with one attached hydrogen (secondary N) is 1. The highest BCUT2D eigenvalue weighted by Crippen LogP contribution is 2.27. The zero-order chi connectivity index (χ0) is 14.5. The Bertz CT molecular complexity index is 563. The summed E-state index contributed by atoms with van der Waals surface area (Å²) in [6.45, 7) is 5.96. The molecule has 0 amide bonds. The van der Waals surface area contributed by atoms with Crippen molar-refractivity contribution < 1.29 is 4.74 Å². The number of aromatic nitrogens is 2. The van der Waals surface area contributed by atoms with Crippen LogP contribution in [-0.4, -0.2) is 16.3 Å². The Morgan fingerprint density at radius 2 is 2.00 bits per heavy atom. The van der Waals surface area contributed by atoms with Crippen LogP contribution in [0.25, 0.3) is 0 Å². The van der Waals surface area contributed by atoms with Crippen LogP contribution < -0.4 is 10.1 Å². The first-order valence-electron chi connectivity index (χ1n) is 6.78. The van der Waals surface area contributed by atoms with Crippen molar-refractivity contribution in [2.75, 3.05) is 6.54 Å². The van der Waals surface area contributed by atoms with E-state index >= 15 is 0 Å². The van der Waals surface area contributed by atoms with Gasteiger partial charge in [-0.3, -0.25) is 0 Å². The van der Waals surface area contributed by atoms with Crippen LogP contribution in [0.4, 0.5) is 0 Å². The Labute approximate surface area is 133 Å². The van der Waals surface area contributed by atoms with Gasteiger partial charge in [-0.2, -0.15) is 5.10 Å². The highest BCUT2D eigenvalue weighted by molar-refractivity contribution is 14.1. The minimum absolute atomic E-state index is 0.785. The Morgan fingerprint density at radius 1 is 1.30 bits per heavy atom. The van der Waals surface area contributed by atoms with Crippen molar-refractivity contribution in [3.05, 3.63) is 39.1 Å². The van der Waals surface area contributed by atoms with E-state index in [1.807, 2.05) is 38.2 Å². The third-order valence-corrected chi connectivity index (χ3v) is 3.76. The number of aryl methyl sites for hydroxylation is 2. The zero-order valence-electron chi connectivity index (χ0n) is 12.1. The zero-order valence-corrected chi connectivity index (χ0v) is 14.3. The van der Waals surface area contributed by atoms with Crippen molar-refractivity contribution in [2.24, 2.45) is 7.05 Å². The van der Waals surface area contributed by atoms with Crippen LogP contribution in [0.2, 0.25) is 0 Å². The van der Waals surface area contributed by atoms with Gasteiger partial charge >= 0.3 is 0 Å². The monoisotopic (exact) mass is 385 g/mol. The van der Waals surface area contributed by atoms with Crippen LogP contribution in [0, 0.1) is 10.5 Å². The van der Waals surface area contributed by atoms with E-state index in [4.69, 9.17) is 4.74 Å². The van der Waals surface area contributed by atoms with Gasteiger partial charge in [-0.25, -0.2) is 4.68 Å². The first kappa shape index (κ1) is 15.3. The molecule has 0 aliphatic carbocycles. The minimum Gasteiger partial charge on any atom is -0.439 e. The van der Waals surface area contributed by atoms with Gasteiger partial charge in [0.1, 0.15) is 5.75 Å². The molecule has 4 nitrogen and oxygen atoms in total. The van der Waals surface area contributed by atoms with E-state index in [2.05, 4.69) is 39.9 Å². The van der Waals surface area contributed by atoms with Crippen molar-refractivity contribution in [3.63, 3.8) is 0 Å². The molecule has 0 fully saturated rings. The number of rotatable bonds is 6. The van der Waals surface area contributed by atoms with Gasteiger partial charge in [0.15, 0.2) is 0 Å². The Balaban J connectivity index is 2.19. The second-order valence-electron chi connectivity index (χ2n) is 4.73. The summed E-state index contributed by atoms with van der Waals surface area (Å²) in [6.07, 6.45) is 1.12. The van der Waals surface area contributed by atoms with E-state index in [0.29, 0.717) is 0 Å². The molecule has 1 N–H and O–H groups in total. The predicted molar refractivity (Wildman–Crippen MR) is 89.2 cm³/mol. The standard InChI is InChI=1S/C15H20IN3O/c1-4-9-17-10-14-11(2)18-19(3)15(14)20-13-7-5-12(16)6-8-13/h5-8,17H,4,9-10H2,1-3H3. The average Bonchev–Trinajstić information content (AvgIpc) is 2.68. The Hall–Kier alpha value is -1.08. The number of ether oxygens (including phenoxy) is 1. The highest BCUT2D eigenvalue weighted by Gasteiger charge is 2.15. The van der Waals surface area contributed by atoms with E-state index in [1.165, 1.54) is 3.57 Å². The van der Waals surface area contributed by atoms with Gasteiger partial charge in [0.2, 0.25) is 5.88 Å². The molecule has 108 valence electrons. The first-order chi connectivity index (χ1) is 9.61. The summed E-state index contributed by atoms with van der Waals surface area (Å²) >= 11 is 2.28. The summed E-state index contributed by atoms with van der Waals surface area (Å²) in [5, 5.41) is 7.86. The minimum atomic E-state index is 0.785. The molecule has 0 unspecified atom stereocenters. The molecule has 0 bridgehead atoms. The van der Waals surface area contributed by atoms with Crippen LogP contribution in [0.5, 0.6) is 11.6 Å². The quantitative estimate of drug-likeness (QED) is 0.610. The number of benzene rings is 1. The normalized spacial score (nSPS) is 10.8. The van der Waals surface area contributed by atoms with Crippen LogP contribution >= 0.6 is 22.6 Å². The molecule has 5 heteroatoms. The van der Waals surface area contributed by atoms with Gasteiger partial charge in [0.25, 0.3) is 0 Å². The van der Waals surface area contributed by atoms with E-state index < -0.39 is 0 Å². The molecule has 0 spiro atoms. The van der Waals surface area contributed by atoms with Crippen molar-refractivity contribution in [1.29, 1.82) is 0 Å². The summed E-state index contributed by atoms with van der Waals surface area (Å²) in [5.41, 5.74) is 2.14. The SMILES string of the molecule is CCCNCc1c(C)nn(C)c1Oc1ccc(I)cc1. The molecular weight excluding hydrogens is 365 g/mol. The summed E-state index contributed by atoms with van der Waals surface area (Å²) in [5.74, 6) is 1.65. The average molecular weight is 385 g/mol. The number of hydrogen-bond donors (Lipinski definition) is 1. The van der Waals surface area contributed by atoms with Crippen molar-refractivity contribution in [3.8, 4) is 11.6 Å². The highest BCUT2D eigenvalue weighted by atomic mass is 127.